The highest BCUT2D eigenvalue weighted by atomic mass is 16.2. The van der Waals surface area contributed by atoms with E-state index < -0.39 is 11.1 Å². The lowest BCUT2D eigenvalue weighted by molar-refractivity contribution is -0.164. The summed E-state index contributed by atoms with van der Waals surface area (Å²) in [6, 6.07) is 19.1. The van der Waals surface area contributed by atoms with E-state index in [1.54, 1.807) is 0 Å². The number of imide groups is 2. The number of urea groups is 2. The molecule has 8 unspecified atom stereocenters. The van der Waals surface area contributed by atoms with Crippen LogP contribution in [0.25, 0.3) is 0 Å². The van der Waals surface area contributed by atoms with Gasteiger partial charge in [-0.15, -0.1) is 0 Å². The molecule has 0 radical (unpaired) electrons. The highest BCUT2D eigenvalue weighted by Crippen LogP contribution is 2.56. The quantitative estimate of drug-likeness (QED) is 0.216. The second-order valence-corrected chi connectivity index (χ2v) is 18.5. The van der Waals surface area contributed by atoms with Crippen molar-refractivity contribution in [1.82, 2.24) is 29.4 Å². The number of carbonyl (C=O) groups excluding carboxylic acids is 4. The van der Waals surface area contributed by atoms with Crippen LogP contribution in [0.2, 0.25) is 0 Å². The minimum absolute atomic E-state index is 0.0595. The van der Waals surface area contributed by atoms with Gasteiger partial charge < -0.3 is 9.80 Å². The predicted molar refractivity (Wildman–Crippen MR) is 222 cm³/mol. The van der Waals surface area contributed by atoms with Gasteiger partial charge in [-0.1, -0.05) is 102 Å². The van der Waals surface area contributed by atoms with Crippen molar-refractivity contribution in [2.75, 3.05) is 27.2 Å². The fourth-order valence-electron chi connectivity index (χ4n) is 11.6. The molecular formula is C46H68N6O4. The van der Waals surface area contributed by atoms with E-state index in [9.17, 15) is 9.59 Å². The van der Waals surface area contributed by atoms with Crippen molar-refractivity contribution >= 4 is 23.9 Å². The maximum absolute atomic E-state index is 15.4. The van der Waals surface area contributed by atoms with Crippen LogP contribution in [0, 0.1) is 11.8 Å². The maximum Gasteiger partial charge on any atom is 0.328 e. The van der Waals surface area contributed by atoms with Gasteiger partial charge in [0.25, 0.3) is 11.8 Å². The molecule has 0 aliphatic carbocycles. The molecule has 2 aromatic rings. The Bertz CT molecular complexity index is 1690. The zero-order chi connectivity index (χ0) is 41.2. The number of carbonyl (C=O) groups is 4. The Morgan fingerprint density at radius 3 is 1.14 bits per heavy atom. The van der Waals surface area contributed by atoms with Crippen LogP contribution in [0.15, 0.2) is 60.7 Å². The fraction of sp³-hybridized carbons (Fsp3) is 0.652. The van der Waals surface area contributed by atoms with Crippen LogP contribution in [0.4, 0.5) is 9.59 Å². The second kappa shape index (κ2) is 14.6. The molecule has 0 saturated carbocycles. The summed E-state index contributed by atoms with van der Waals surface area (Å²) >= 11 is 0. The molecule has 8 atom stereocenters. The van der Waals surface area contributed by atoms with Gasteiger partial charge in [-0.2, -0.15) is 0 Å². The van der Waals surface area contributed by atoms with Crippen LogP contribution in [-0.2, 0) is 22.7 Å². The minimum Gasteiger partial charge on any atom is -0.305 e. The Labute approximate surface area is 336 Å². The first-order chi connectivity index (χ1) is 26.3. The molecule has 4 heterocycles. The monoisotopic (exact) mass is 769 g/mol. The molecular weight excluding hydrogens is 701 g/mol. The van der Waals surface area contributed by atoms with Crippen LogP contribution in [-0.4, -0.2) is 114 Å². The van der Waals surface area contributed by atoms with Crippen LogP contribution < -0.4 is 0 Å². The van der Waals surface area contributed by atoms with Gasteiger partial charge in [0, 0.05) is 60.2 Å². The van der Waals surface area contributed by atoms with Crippen LogP contribution in [0.3, 0.4) is 0 Å². The zero-order valence-electron chi connectivity index (χ0n) is 36.3. The Kier molecular flexibility index (Phi) is 10.9. The molecule has 4 aliphatic rings. The summed E-state index contributed by atoms with van der Waals surface area (Å²) in [4.78, 5) is 71.9. The molecule has 10 nitrogen and oxygen atoms in total. The summed E-state index contributed by atoms with van der Waals surface area (Å²) in [5, 5.41) is 0. The topological polar surface area (TPSA) is 87.7 Å². The molecule has 4 aliphatic heterocycles. The summed E-state index contributed by atoms with van der Waals surface area (Å²) < 4.78 is 0. The van der Waals surface area contributed by atoms with Gasteiger partial charge in [-0.05, 0) is 91.4 Å². The van der Waals surface area contributed by atoms with Gasteiger partial charge in [0.05, 0.1) is 0 Å². The number of nitrogens with zero attached hydrogens (tertiary/aromatic N) is 6. The number of piperidine rings is 2. The first-order valence-corrected chi connectivity index (χ1v) is 21.2. The van der Waals surface area contributed by atoms with Crippen molar-refractivity contribution < 1.29 is 19.2 Å². The summed E-state index contributed by atoms with van der Waals surface area (Å²) in [5.74, 6) is -0.850. The lowest BCUT2D eigenvalue weighted by Gasteiger charge is -2.63. The van der Waals surface area contributed by atoms with E-state index in [0.29, 0.717) is 25.9 Å². The Morgan fingerprint density at radius 2 is 0.857 bits per heavy atom. The minimum atomic E-state index is -1.11. The average molecular weight is 769 g/mol. The van der Waals surface area contributed by atoms with E-state index in [0.717, 1.165) is 36.8 Å². The number of rotatable bonds is 11. The van der Waals surface area contributed by atoms with E-state index in [-0.39, 0.29) is 71.0 Å². The first kappa shape index (κ1) is 41.9. The molecule has 0 bridgehead atoms. The largest absolute Gasteiger partial charge is 0.328 e. The summed E-state index contributed by atoms with van der Waals surface area (Å²) in [6.07, 6.45) is 4.21. The van der Waals surface area contributed by atoms with E-state index in [4.69, 9.17) is 0 Å². The molecule has 6 rings (SSSR count). The van der Waals surface area contributed by atoms with Crippen LogP contribution in [0.5, 0.6) is 0 Å². The first-order valence-electron chi connectivity index (χ1n) is 21.2. The van der Waals surface area contributed by atoms with Gasteiger partial charge in [-0.25, -0.2) is 9.59 Å². The van der Waals surface area contributed by atoms with E-state index >= 15 is 9.59 Å². The predicted octanol–water partition coefficient (Wildman–Crippen LogP) is 8.01. The summed E-state index contributed by atoms with van der Waals surface area (Å²) in [6.45, 7) is 22.3. The lowest BCUT2D eigenvalue weighted by atomic mass is 9.59. The third-order valence-electron chi connectivity index (χ3n) is 16.7. The number of hydrogen-bond acceptors (Lipinski definition) is 6. The van der Waals surface area contributed by atoms with E-state index in [2.05, 4.69) is 93.1 Å². The van der Waals surface area contributed by atoms with Gasteiger partial charge >= 0.3 is 12.1 Å². The summed E-state index contributed by atoms with van der Waals surface area (Å²) in [5.41, 5.74) is -1.78. The smallest absolute Gasteiger partial charge is 0.305 e. The third-order valence-corrected chi connectivity index (χ3v) is 16.7. The molecule has 2 spiro atoms. The Morgan fingerprint density at radius 1 is 0.536 bits per heavy atom. The molecule has 4 saturated heterocycles. The van der Waals surface area contributed by atoms with Crippen molar-refractivity contribution in [2.24, 2.45) is 11.8 Å². The molecule has 0 aromatic heterocycles. The highest BCUT2D eigenvalue weighted by Gasteiger charge is 2.71. The zero-order valence-corrected chi connectivity index (χ0v) is 36.3. The summed E-state index contributed by atoms with van der Waals surface area (Å²) in [7, 11) is 4.32. The molecule has 4 fully saturated rings. The number of benzene rings is 2. The Hall–Kier alpha value is -3.76. The second-order valence-electron chi connectivity index (χ2n) is 18.5. The molecule has 2 aromatic carbocycles. The molecule has 6 amide bonds. The van der Waals surface area contributed by atoms with E-state index in [1.807, 2.05) is 70.5 Å². The van der Waals surface area contributed by atoms with Crippen molar-refractivity contribution in [3.63, 3.8) is 0 Å². The van der Waals surface area contributed by atoms with Crippen molar-refractivity contribution in [3.8, 4) is 0 Å². The van der Waals surface area contributed by atoms with Crippen LogP contribution >= 0.6 is 0 Å². The Balaban J connectivity index is 1.41. The SMILES string of the molecule is CCC1(C)CC2(C(=O)N(CCN3C(=O)N(Cc4ccccc4)C4(CC(C)(CC)N(C)C(C)(CC)C4C)C3=O)C(=O)N2Cc2ccccc2)C(C)C(C)(CC)N1C. The standard InChI is InChI=1S/C46H68N6O4/c1-13-41(7)31-45(33(5)43(9,15-3)47(41)11)37(53)49(39(55)51(45)29-35-23-19-17-20-24-35)27-28-50-38(54)46(52(40(50)56)30-36-25-21-18-22-26-36)32-42(8,14-2)48(12)44(10,16-4)34(46)6/h17-26,33-34H,13-16,27-32H2,1-12H3. The normalized spacial score (nSPS) is 36.9. The van der Waals surface area contributed by atoms with Crippen molar-refractivity contribution in [3.05, 3.63) is 71.8 Å². The van der Waals surface area contributed by atoms with Crippen molar-refractivity contribution in [2.45, 2.75) is 154 Å². The van der Waals surface area contributed by atoms with E-state index in [1.165, 1.54) is 9.80 Å². The molecule has 10 heteroatoms. The fourth-order valence-corrected chi connectivity index (χ4v) is 11.6. The van der Waals surface area contributed by atoms with Crippen molar-refractivity contribution in [1.29, 1.82) is 0 Å². The average Bonchev–Trinajstić information content (AvgIpc) is 3.51. The maximum atomic E-state index is 15.4. The van der Waals surface area contributed by atoms with Gasteiger partial charge in [0.15, 0.2) is 0 Å². The highest BCUT2D eigenvalue weighted by molar-refractivity contribution is 6.09. The van der Waals surface area contributed by atoms with Crippen LogP contribution in [0.1, 0.15) is 119 Å². The number of amides is 6. The number of likely N-dealkylation sites (tertiary alicyclic amines) is 2. The number of hydrogen-bond donors (Lipinski definition) is 0. The molecule has 0 N–H and O–H groups in total. The lowest BCUT2D eigenvalue weighted by Crippen LogP contribution is -2.75. The third kappa shape index (κ3) is 5.77. The van der Waals surface area contributed by atoms with Gasteiger partial charge in [-0.3, -0.25) is 29.2 Å². The molecule has 306 valence electrons. The van der Waals surface area contributed by atoms with Gasteiger partial charge in [0.2, 0.25) is 0 Å². The molecule has 56 heavy (non-hydrogen) atoms. The van der Waals surface area contributed by atoms with Gasteiger partial charge in [0.1, 0.15) is 11.1 Å².